The highest BCUT2D eigenvalue weighted by molar-refractivity contribution is 6.13. The minimum Gasteiger partial charge on any atom is -0.322 e. The summed E-state index contributed by atoms with van der Waals surface area (Å²) in [5.41, 5.74) is 3.56. The molecule has 2 aromatic carbocycles. The highest BCUT2D eigenvalue weighted by Gasteiger charge is 2.47. The average Bonchev–Trinajstić information content (AvgIpc) is 3.06. The zero-order valence-electron chi connectivity index (χ0n) is 19.4. The molecule has 0 spiro atoms. The van der Waals surface area contributed by atoms with E-state index < -0.39 is 5.41 Å². The predicted molar refractivity (Wildman–Crippen MR) is 131 cm³/mol. The number of halogens is 1. The van der Waals surface area contributed by atoms with Crippen molar-refractivity contribution in [2.45, 2.75) is 26.2 Å². The van der Waals surface area contributed by atoms with Crippen LogP contribution in [0.4, 0.5) is 21.7 Å². The topological polar surface area (TPSA) is 88.1 Å². The smallest absolute Gasteiger partial charge is 0.257 e. The van der Waals surface area contributed by atoms with Gasteiger partial charge in [0, 0.05) is 29.8 Å². The Morgan fingerprint density at radius 1 is 1.00 bits per heavy atom. The van der Waals surface area contributed by atoms with Gasteiger partial charge in [0.2, 0.25) is 11.9 Å². The number of aromatic nitrogens is 3. The van der Waals surface area contributed by atoms with E-state index in [9.17, 15) is 14.0 Å². The van der Waals surface area contributed by atoms with Gasteiger partial charge in [-0.2, -0.15) is 0 Å². The molecular formula is C27H22FN5O2. The summed E-state index contributed by atoms with van der Waals surface area (Å²) in [6, 6.07) is 14.7. The Kier molecular flexibility index (Phi) is 5.36. The molecule has 8 heteroatoms. The molecule has 0 radical (unpaired) electrons. The lowest BCUT2D eigenvalue weighted by Gasteiger charge is -2.20. The van der Waals surface area contributed by atoms with Gasteiger partial charge >= 0.3 is 0 Å². The first kappa shape index (κ1) is 22.3. The number of anilines is 3. The molecule has 2 aromatic heterocycles. The third kappa shape index (κ3) is 3.82. The van der Waals surface area contributed by atoms with E-state index in [-0.39, 0.29) is 17.6 Å². The molecule has 5 rings (SSSR count). The highest BCUT2D eigenvalue weighted by Crippen LogP contribution is 2.48. The lowest BCUT2D eigenvalue weighted by atomic mass is 9.81. The van der Waals surface area contributed by atoms with Crippen molar-refractivity contribution in [3.05, 3.63) is 95.8 Å². The van der Waals surface area contributed by atoms with Gasteiger partial charge in [-0.15, -0.1) is 0 Å². The number of rotatable bonds is 4. The molecule has 1 aliphatic rings. The lowest BCUT2D eigenvalue weighted by Crippen LogP contribution is -2.34. The average molecular weight is 468 g/mol. The van der Waals surface area contributed by atoms with Crippen molar-refractivity contribution in [2.75, 3.05) is 10.2 Å². The highest BCUT2D eigenvalue weighted by atomic mass is 19.1. The standard InChI is InChI=1S/C27H22FN5O2/c1-16-21(24(34)32-19-10-8-18(28)9-11-19)14-17(15-31-16)20-6-4-7-22-23(20)27(2,3)25(35)33(22)26-29-12-5-13-30-26/h4-15H,1-3H3,(H,32,34). The maximum absolute atomic E-state index is 13.5. The van der Waals surface area contributed by atoms with Gasteiger partial charge in [-0.1, -0.05) is 12.1 Å². The van der Waals surface area contributed by atoms with Crippen molar-refractivity contribution in [3.8, 4) is 11.1 Å². The summed E-state index contributed by atoms with van der Waals surface area (Å²) in [5, 5.41) is 2.78. The Labute approximate surface area is 201 Å². The van der Waals surface area contributed by atoms with Crippen LogP contribution in [0.15, 0.2) is 73.2 Å². The normalized spacial score (nSPS) is 14.1. The van der Waals surface area contributed by atoms with Crippen LogP contribution in [0.1, 0.15) is 35.5 Å². The molecule has 0 saturated heterocycles. The number of fused-ring (bicyclic) bond motifs is 1. The van der Waals surface area contributed by atoms with Crippen LogP contribution >= 0.6 is 0 Å². The Hall–Kier alpha value is -4.46. The van der Waals surface area contributed by atoms with Gasteiger partial charge < -0.3 is 5.32 Å². The number of amides is 2. The fourth-order valence-corrected chi connectivity index (χ4v) is 4.37. The molecule has 7 nitrogen and oxygen atoms in total. The van der Waals surface area contributed by atoms with Crippen LogP contribution < -0.4 is 10.2 Å². The molecule has 35 heavy (non-hydrogen) atoms. The molecule has 4 aromatic rings. The maximum atomic E-state index is 13.5. The minimum atomic E-state index is -0.855. The summed E-state index contributed by atoms with van der Waals surface area (Å²) in [5.74, 6) is -0.568. The number of nitrogens with zero attached hydrogens (tertiary/aromatic N) is 4. The molecular weight excluding hydrogens is 445 g/mol. The van der Waals surface area contributed by atoms with Crippen molar-refractivity contribution in [3.63, 3.8) is 0 Å². The Morgan fingerprint density at radius 3 is 2.43 bits per heavy atom. The number of nitrogens with one attached hydrogen (secondary N) is 1. The van der Waals surface area contributed by atoms with E-state index in [1.165, 1.54) is 29.2 Å². The minimum absolute atomic E-state index is 0.138. The lowest BCUT2D eigenvalue weighted by molar-refractivity contribution is -0.121. The summed E-state index contributed by atoms with van der Waals surface area (Å²) >= 11 is 0. The van der Waals surface area contributed by atoms with E-state index in [0.717, 1.165) is 11.1 Å². The van der Waals surface area contributed by atoms with Gasteiger partial charge in [-0.25, -0.2) is 19.3 Å². The fraction of sp³-hybridized carbons (Fsp3) is 0.148. The molecule has 2 amide bonds. The third-order valence-corrected chi connectivity index (χ3v) is 6.14. The number of benzene rings is 2. The van der Waals surface area contributed by atoms with Crippen molar-refractivity contribution >= 4 is 29.1 Å². The number of pyridine rings is 1. The van der Waals surface area contributed by atoms with E-state index in [2.05, 4.69) is 20.3 Å². The Bertz CT molecular complexity index is 1450. The first-order chi connectivity index (χ1) is 16.8. The largest absolute Gasteiger partial charge is 0.322 e. The maximum Gasteiger partial charge on any atom is 0.257 e. The number of hydrogen-bond acceptors (Lipinski definition) is 5. The van der Waals surface area contributed by atoms with E-state index >= 15 is 0 Å². The summed E-state index contributed by atoms with van der Waals surface area (Å²) in [6.45, 7) is 5.48. The molecule has 3 heterocycles. The van der Waals surface area contributed by atoms with Crippen LogP contribution in [0.5, 0.6) is 0 Å². The zero-order valence-corrected chi connectivity index (χ0v) is 19.4. The van der Waals surface area contributed by atoms with Crippen LogP contribution in [0.25, 0.3) is 11.1 Å². The van der Waals surface area contributed by atoms with Gasteiger partial charge in [0.15, 0.2) is 0 Å². The molecule has 0 saturated carbocycles. The van der Waals surface area contributed by atoms with Crippen molar-refractivity contribution < 1.29 is 14.0 Å². The summed E-state index contributed by atoms with van der Waals surface area (Å²) in [6.07, 6.45) is 4.89. The summed E-state index contributed by atoms with van der Waals surface area (Å²) in [4.78, 5) is 41.0. The summed E-state index contributed by atoms with van der Waals surface area (Å²) < 4.78 is 13.2. The van der Waals surface area contributed by atoms with Gasteiger partial charge in [0.25, 0.3) is 5.91 Å². The SMILES string of the molecule is Cc1ncc(-c2cccc3c2C(C)(C)C(=O)N3c2ncccn2)cc1C(=O)Nc1ccc(F)cc1. The van der Waals surface area contributed by atoms with Gasteiger partial charge in [0.1, 0.15) is 5.82 Å². The third-order valence-electron chi connectivity index (χ3n) is 6.14. The molecule has 1 aliphatic heterocycles. The van der Waals surface area contributed by atoms with E-state index in [1.54, 1.807) is 37.6 Å². The van der Waals surface area contributed by atoms with Crippen molar-refractivity contribution in [1.29, 1.82) is 0 Å². The van der Waals surface area contributed by atoms with Crippen LogP contribution in [0, 0.1) is 12.7 Å². The Morgan fingerprint density at radius 2 is 1.71 bits per heavy atom. The van der Waals surface area contributed by atoms with Crippen molar-refractivity contribution in [1.82, 2.24) is 15.0 Å². The van der Waals surface area contributed by atoms with E-state index in [1.807, 2.05) is 32.0 Å². The number of carbonyl (C=O) groups excluding carboxylic acids is 2. The van der Waals surface area contributed by atoms with Gasteiger partial charge in [-0.05, 0) is 74.4 Å². The second-order valence-electron chi connectivity index (χ2n) is 8.83. The fourth-order valence-electron chi connectivity index (χ4n) is 4.37. The second-order valence-corrected chi connectivity index (χ2v) is 8.83. The predicted octanol–water partition coefficient (Wildman–Crippen LogP) is 5.19. The van der Waals surface area contributed by atoms with Crippen LogP contribution in [-0.2, 0) is 10.2 Å². The molecule has 0 bridgehead atoms. The van der Waals surface area contributed by atoms with Crippen molar-refractivity contribution in [2.24, 2.45) is 0 Å². The molecule has 1 N–H and O–H groups in total. The molecule has 174 valence electrons. The quantitative estimate of drug-likeness (QED) is 0.446. The number of aryl methyl sites for hydroxylation is 1. The first-order valence-electron chi connectivity index (χ1n) is 11.1. The van der Waals surface area contributed by atoms with E-state index in [0.29, 0.717) is 34.1 Å². The molecule has 0 unspecified atom stereocenters. The van der Waals surface area contributed by atoms with E-state index in [4.69, 9.17) is 0 Å². The second kappa shape index (κ2) is 8.39. The molecule has 0 aliphatic carbocycles. The molecule has 0 atom stereocenters. The zero-order chi connectivity index (χ0) is 24.7. The van der Waals surface area contributed by atoms with Crippen LogP contribution in [0.3, 0.4) is 0 Å². The van der Waals surface area contributed by atoms with Crippen LogP contribution in [-0.4, -0.2) is 26.8 Å². The number of hydrogen-bond donors (Lipinski definition) is 1. The number of carbonyl (C=O) groups is 2. The summed E-state index contributed by atoms with van der Waals surface area (Å²) in [7, 11) is 0. The van der Waals surface area contributed by atoms with Gasteiger partial charge in [-0.3, -0.25) is 14.6 Å². The first-order valence-corrected chi connectivity index (χ1v) is 11.1. The van der Waals surface area contributed by atoms with Crippen LogP contribution in [0.2, 0.25) is 0 Å². The molecule has 0 fully saturated rings. The Balaban J connectivity index is 1.58. The monoisotopic (exact) mass is 467 g/mol. The van der Waals surface area contributed by atoms with Gasteiger partial charge in [0.05, 0.1) is 22.4 Å².